The Hall–Kier alpha value is -3.76. The molecular weight excluding hydrogens is 428 g/mol. The summed E-state index contributed by atoms with van der Waals surface area (Å²) in [5.74, 6) is 0.736. The third kappa shape index (κ3) is 4.57. The highest BCUT2D eigenvalue weighted by Gasteiger charge is 2.39. The first kappa shape index (κ1) is 23.9. The maximum Gasteiger partial charge on any atom is 0.125 e. The van der Waals surface area contributed by atoms with Crippen LogP contribution >= 0.6 is 12.4 Å². The minimum Gasteiger partial charge on any atom is -0.318 e. The molecule has 0 N–H and O–H groups in total. The van der Waals surface area contributed by atoms with Gasteiger partial charge in [0.25, 0.3) is 0 Å². The summed E-state index contributed by atoms with van der Waals surface area (Å²) in [6, 6.07) is 21.0. The van der Waals surface area contributed by atoms with Crippen LogP contribution in [0.25, 0.3) is 11.3 Å². The van der Waals surface area contributed by atoms with Crippen LogP contribution < -0.4 is 0 Å². The summed E-state index contributed by atoms with van der Waals surface area (Å²) in [6.07, 6.45) is 15.7. The van der Waals surface area contributed by atoms with E-state index in [4.69, 9.17) is 4.98 Å². The van der Waals surface area contributed by atoms with Gasteiger partial charge in [-0.1, -0.05) is 91.5 Å². The molecule has 0 spiro atoms. The molecule has 0 unspecified atom stereocenters. The van der Waals surface area contributed by atoms with Crippen molar-refractivity contribution in [1.29, 1.82) is 0 Å². The number of rotatable bonds is 7. The molecule has 0 fully saturated rings. The summed E-state index contributed by atoms with van der Waals surface area (Å²) < 4.78 is 2.17. The molecule has 2 aromatic carbocycles. The van der Waals surface area contributed by atoms with E-state index in [1.165, 1.54) is 0 Å². The smallest absolute Gasteiger partial charge is 0.125 e. The molecule has 4 aromatic rings. The van der Waals surface area contributed by atoms with Crippen molar-refractivity contribution in [3.63, 3.8) is 0 Å². The minimum atomic E-state index is -0.639. The second-order valence-corrected chi connectivity index (χ2v) is 7.49. The zero-order valence-corrected chi connectivity index (χ0v) is 19.6. The van der Waals surface area contributed by atoms with Crippen LogP contribution in [0.1, 0.15) is 23.9 Å². The molecule has 2 heterocycles. The van der Waals surface area contributed by atoms with E-state index in [1.54, 1.807) is 0 Å². The topological polar surface area (TPSA) is 43.6 Å². The Kier molecular flexibility index (Phi) is 7.75. The van der Waals surface area contributed by atoms with Gasteiger partial charge in [-0.3, -0.25) is 0 Å². The maximum atomic E-state index is 4.74. The monoisotopic (exact) mass is 454 g/mol. The van der Waals surface area contributed by atoms with Gasteiger partial charge in [0.05, 0.1) is 12.0 Å². The lowest BCUT2D eigenvalue weighted by Gasteiger charge is -2.38. The van der Waals surface area contributed by atoms with Gasteiger partial charge < -0.3 is 4.57 Å². The van der Waals surface area contributed by atoms with Gasteiger partial charge in [0.1, 0.15) is 11.4 Å². The third-order valence-corrected chi connectivity index (χ3v) is 5.49. The van der Waals surface area contributed by atoms with Crippen molar-refractivity contribution in [2.24, 2.45) is 0 Å². The molecule has 0 atom stereocenters. The van der Waals surface area contributed by atoms with Crippen molar-refractivity contribution in [3.8, 4) is 11.3 Å². The van der Waals surface area contributed by atoms with Gasteiger partial charge in [0, 0.05) is 24.2 Å². The number of aryl methyl sites for hydroxylation is 1. The molecule has 166 valence electrons. The number of nitrogens with zero attached hydrogens (tertiary/aromatic N) is 4. The lowest BCUT2D eigenvalue weighted by molar-refractivity contribution is 0.513. The van der Waals surface area contributed by atoms with Gasteiger partial charge in [0.2, 0.25) is 0 Å². The zero-order chi connectivity index (χ0) is 22.4. The number of halogens is 1. The maximum absolute atomic E-state index is 4.74. The van der Waals surface area contributed by atoms with E-state index in [9.17, 15) is 0 Å². The Morgan fingerprint density at radius 1 is 0.909 bits per heavy atom. The summed E-state index contributed by atoms with van der Waals surface area (Å²) in [4.78, 5) is 13.4. The number of imidazole rings is 1. The summed E-state index contributed by atoms with van der Waals surface area (Å²) in [6.45, 7) is 7.89. The second-order valence-electron chi connectivity index (χ2n) is 7.49. The number of allylic oxidation sites excluding steroid dienone is 5. The lowest BCUT2D eigenvalue weighted by Crippen LogP contribution is -2.37. The van der Waals surface area contributed by atoms with Gasteiger partial charge in [-0.2, -0.15) is 0 Å². The van der Waals surface area contributed by atoms with E-state index in [1.807, 2.05) is 50.8 Å². The molecular formula is C28H27ClN4. The number of hydrogen-bond donors (Lipinski definition) is 0. The van der Waals surface area contributed by atoms with Crippen molar-refractivity contribution in [2.75, 3.05) is 0 Å². The Morgan fingerprint density at radius 3 is 2.00 bits per heavy atom. The van der Waals surface area contributed by atoms with Gasteiger partial charge in [0.15, 0.2) is 0 Å². The van der Waals surface area contributed by atoms with E-state index < -0.39 is 5.54 Å². The van der Waals surface area contributed by atoms with Crippen LogP contribution in [-0.2, 0) is 5.54 Å². The van der Waals surface area contributed by atoms with Crippen molar-refractivity contribution < 1.29 is 0 Å². The highest BCUT2D eigenvalue weighted by molar-refractivity contribution is 5.85. The van der Waals surface area contributed by atoms with Crippen LogP contribution in [0.2, 0.25) is 0 Å². The molecule has 0 radical (unpaired) electrons. The van der Waals surface area contributed by atoms with Gasteiger partial charge >= 0.3 is 0 Å². The zero-order valence-electron chi connectivity index (χ0n) is 18.8. The van der Waals surface area contributed by atoms with Crippen LogP contribution in [0.4, 0.5) is 0 Å². The summed E-state index contributed by atoms with van der Waals surface area (Å²) in [7, 11) is 0. The van der Waals surface area contributed by atoms with Gasteiger partial charge in [-0.05, 0) is 30.5 Å². The fraction of sp³-hybridized carbons (Fsp3) is 0.107. The lowest BCUT2D eigenvalue weighted by atomic mass is 9.75. The van der Waals surface area contributed by atoms with E-state index in [0.29, 0.717) is 0 Å². The summed E-state index contributed by atoms with van der Waals surface area (Å²) in [5.41, 5.74) is 4.39. The molecule has 4 nitrogen and oxygen atoms in total. The first-order chi connectivity index (χ1) is 15.7. The first-order valence-electron chi connectivity index (χ1n) is 10.6. The predicted octanol–water partition coefficient (Wildman–Crippen LogP) is 6.55. The molecule has 0 amide bonds. The average Bonchev–Trinajstić information content (AvgIpc) is 3.32. The fourth-order valence-electron chi connectivity index (χ4n) is 4.09. The molecule has 4 rings (SSSR count). The molecule has 33 heavy (non-hydrogen) atoms. The Bertz CT molecular complexity index is 1200. The molecule has 2 aromatic heterocycles. The van der Waals surface area contributed by atoms with Crippen LogP contribution in [-0.4, -0.2) is 19.5 Å². The largest absolute Gasteiger partial charge is 0.318 e. The first-order valence-corrected chi connectivity index (χ1v) is 10.6. The molecule has 0 saturated heterocycles. The molecule has 5 heteroatoms. The molecule has 0 bridgehead atoms. The second kappa shape index (κ2) is 10.7. The van der Waals surface area contributed by atoms with Gasteiger partial charge in [-0.15, -0.1) is 12.4 Å². The predicted molar refractivity (Wildman–Crippen MR) is 137 cm³/mol. The average molecular weight is 455 g/mol. The highest BCUT2D eigenvalue weighted by atomic mass is 35.5. The van der Waals surface area contributed by atoms with Crippen molar-refractivity contribution in [1.82, 2.24) is 19.5 Å². The molecule has 0 aliphatic rings. The van der Waals surface area contributed by atoms with Gasteiger partial charge in [-0.25, -0.2) is 15.0 Å². The van der Waals surface area contributed by atoms with Crippen LogP contribution in [0.5, 0.6) is 0 Å². The normalized spacial score (nSPS) is 11.9. The molecule has 0 aliphatic carbocycles. The van der Waals surface area contributed by atoms with Crippen LogP contribution in [0.3, 0.4) is 0 Å². The Balaban J connectivity index is 0.00000306. The van der Waals surface area contributed by atoms with E-state index >= 15 is 0 Å². The number of hydrogen-bond acceptors (Lipinski definition) is 3. The quantitative estimate of drug-likeness (QED) is 0.297. The SMILES string of the molecule is C=C/C=C(\C=C/C)C(c1ccccc1)(c1ccccc1)n1cnc(-c2cnc(C)nc2)c1.Cl. The van der Waals surface area contributed by atoms with Crippen molar-refractivity contribution in [3.05, 3.63) is 139 Å². The third-order valence-electron chi connectivity index (χ3n) is 5.49. The summed E-state index contributed by atoms with van der Waals surface area (Å²) >= 11 is 0. The van der Waals surface area contributed by atoms with Crippen LogP contribution in [0.15, 0.2) is 122 Å². The Morgan fingerprint density at radius 2 is 1.48 bits per heavy atom. The number of benzene rings is 2. The summed E-state index contributed by atoms with van der Waals surface area (Å²) in [5, 5.41) is 0. The van der Waals surface area contributed by atoms with Crippen molar-refractivity contribution in [2.45, 2.75) is 19.4 Å². The highest BCUT2D eigenvalue weighted by Crippen LogP contribution is 2.42. The van der Waals surface area contributed by atoms with Crippen LogP contribution in [0, 0.1) is 6.92 Å². The van der Waals surface area contributed by atoms with E-state index in [2.05, 4.69) is 94.1 Å². The van der Waals surface area contributed by atoms with Crippen molar-refractivity contribution >= 4 is 12.4 Å². The standard InChI is InChI=1S/C28H26N4.ClH/c1-4-12-24(13-5-2)28(25-14-8-6-9-15-25,26-16-10-7-11-17-26)32-20-27(31-21-32)23-18-29-22(3)30-19-23;/h4-21H,1H2,2-3H3;1H/b13-5-,24-12+;. The molecule has 0 aliphatic heterocycles. The fourth-order valence-corrected chi connectivity index (χ4v) is 4.09. The Labute approximate surface area is 201 Å². The molecule has 0 saturated carbocycles. The van der Waals surface area contributed by atoms with E-state index in [0.717, 1.165) is 33.8 Å². The minimum absolute atomic E-state index is 0. The number of aromatic nitrogens is 4. The van der Waals surface area contributed by atoms with E-state index in [-0.39, 0.29) is 12.4 Å².